The van der Waals surface area contributed by atoms with Gasteiger partial charge >= 0.3 is 5.97 Å². The van der Waals surface area contributed by atoms with Crippen LogP contribution in [0.2, 0.25) is 0 Å². The molecule has 0 heterocycles. The molecule has 0 aromatic heterocycles. The molecule has 0 spiro atoms. The zero-order chi connectivity index (χ0) is 12.3. The summed E-state index contributed by atoms with van der Waals surface area (Å²) >= 11 is 0. The van der Waals surface area contributed by atoms with E-state index in [0.717, 1.165) is 45.2 Å². The van der Waals surface area contributed by atoms with Gasteiger partial charge in [-0.25, -0.2) is 0 Å². The van der Waals surface area contributed by atoms with Gasteiger partial charge in [0.2, 0.25) is 0 Å². The molecule has 0 saturated heterocycles. The van der Waals surface area contributed by atoms with Crippen molar-refractivity contribution in [2.45, 2.75) is 64.3 Å². The van der Waals surface area contributed by atoms with Gasteiger partial charge in [-0.2, -0.15) is 0 Å². The summed E-state index contributed by atoms with van der Waals surface area (Å²) in [7, 11) is 0. The first-order valence-electron chi connectivity index (χ1n) is 7.15. The Kier molecular flexibility index (Phi) is 4.08. The first-order chi connectivity index (χ1) is 8.18. The molecular weight excluding hydrogens is 214 g/mol. The zero-order valence-corrected chi connectivity index (χ0v) is 11.0. The average Bonchev–Trinajstić information content (AvgIpc) is 3.13. The summed E-state index contributed by atoms with van der Waals surface area (Å²) in [6.45, 7) is 4.05. The Labute approximate surface area is 104 Å². The Morgan fingerprint density at radius 2 is 1.94 bits per heavy atom. The van der Waals surface area contributed by atoms with Crippen LogP contribution in [0.5, 0.6) is 0 Å². The van der Waals surface area contributed by atoms with Gasteiger partial charge in [0.05, 0.1) is 5.41 Å². The van der Waals surface area contributed by atoms with Gasteiger partial charge in [-0.05, 0) is 38.6 Å². The normalized spacial score (nSPS) is 23.9. The van der Waals surface area contributed by atoms with Crippen molar-refractivity contribution < 1.29 is 9.90 Å². The molecule has 98 valence electrons. The lowest BCUT2D eigenvalue weighted by atomic mass is 9.73. The summed E-state index contributed by atoms with van der Waals surface area (Å²) < 4.78 is 0. The molecule has 0 amide bonds. The molecule has 0 unspecified atom stereocenters. The van der Waals surface area contributed by atoms with Crippen molar-refractivity contribution in [3.8, 4) is 0 Å². The molecule has 0 aromatic rings. The van der Waals surface area contributed by atoms with Gasteiger partial charge in [0.15, 0.2) is 0 Å². The van der Waals surface area contributed by atoms with Gasteiger partial charge in [0, 0.05) is 12.6 Å². The number of rotatable bonds is 6. The Bertz CT molecular complexity index is 267. The largest absolute Gasteiger partial charge is 0.481 e. The van der Waals surface area contributed by atoms with Crippen LogP contribution in [0.4, 0.5) is 0 Å². The van der Waals surface area contributed by atoms with Gasteiger partial charge in [-0.15, -0.1) is 0 Å². The van der Waals surface area contributed by atoms with Gasteiger partial charge in [-0.3, -0.25) is 9.69 Å². The van der Waals surface area contributed by atoms with Crippen molar-refractivity contribution in [3.63, 3.8) is 0 Å². The zero-order valence-electron chi connectivity index (χ0n) is 11.0. The highest BCUT2D eigenvalue weighted by Crippen LogP contribution is 2.39. The molecule has 3 heteroatoms. The van der Waals surface area contributed by atoms with E-state index in [1.165, 1.54) is 19.3 Å². The minimum absolute atomic E-state index is 0.435. The summed E-state index contributed by atoms with van der Waals surface area (Å²) in [4.78, 5) is 14.1. The van der Waals surface area contributed by atoms with Crippen molar-refractivity contribution in [2.75, 3.05) is 13.1 Å². The van der Waals surface area contributed by atoms with Gasteiger partial charge in [0.1, 0.15) is 0 Å². The third kappa shape index (κ3) is 3.01. The van der Waals surface area contributed by atoms with Crippen LogP contribution in [-0.4, -0.2) is 35.1 Å². The number of hydrogen-bond acceptors (Lipinski definition) is 2. The molecule has 0 bridgehead atoms. The third-order valence-corrected chi connectivity index (χ3v) is 4.34. The molecule has 0 radical (unpaired) electrons. The van der Waals surface area contributed by atoms with E-state index in [2.05, 4.69) is 11.8 Å². The predicted octanol–water partition coefficient (Wildman–Crippen LogP) is 2.90. The SMILES string of the molecule is CCCN(CC1(C(=O)O)CCCCC1)C1CC1. The van der Waals surface area contributed by atoms with Crippen molar-refractivity contribution in [2.24, 2.45) is 5.41 Å². The van der Waals surface area contributed by atoms with Crippen LogP contribution < -0.4 is 0 Å². The fraction of sp³-hybridized carbons (Fsp3) is 0.929. The molecule has 1 N–H and O–H groups in total. The van der Waals surface area contributed by atoms with E-state index in [4.69, 9.17) is 0 Å². The lowest BCUT2D eigenvalue weighted by Crippen LogP contribution is -2.45. The fourth-order valence-corrected chi connectivity index (χ4v) is 3.17. The number of carboxylic acids is 1. The van der Waals surface area contributed by atoms with E-state index in [1.54, 1.807) is 0 Å². The maximum atomic E-state index is 11.6. The minimum Gasteiger partial charge on any atom is -0.481 e. The Morgan fingerprint density at radius 3 is 2.41 bits per heavy atom. The van der Waals surface area contributed by atoms with Gasteiger partial charge < -0.3 is 5.11 Å². The smallest absolute Gasteiger partial charge is 0.310 e. The van der Waals surface area contributed by atoms with Crippen molar-refractivity contribution >= 4 is 5.97 Å². The molecule has 2 fully saturated rings. The monoisotopic (exact) mass is 239 g/mol. The van der Waals surface area contributed by atoms with E-state index >= 15 is 0 Å². The molecule has 2 saturated carbocycles. The number of carbonyl (C=O) groups is 1. The van der Waals surface area contributed by atoms with E-state index < -0.39 is 11.4 Å². The number of hydrogen-bond donors (Lipinski definition) is 1. The summed E-state index contributed by atoms with van der Waals surface area (Å²) in [5, 5.41) is 9.58. The second-order valence-corrected chi connectivity index (χ2v) is 5.85. The third-order valence-electron chi connectivity index (χ3n) is 4.34. The maximum Gasteiger partial charge on any atom is 0.310 e. The summed E-state index contributed by atoms with van der Waals surface area (Å²) in [6, 6.07) is 0.688. The Balaban J connectivity index is 2.02. The van der Waals surface area contributed by atoms with E-state index in [0.29, 0.717) is 6.04 Å². The second-order valence-electron chi connectivity index (χ2n) is 5.85. The minimum atomic E-state index is -0.557. The molecule has 0 atom stereocenters. The van der Waals surface area contributed by atoms with Crippen molar-refractivity contribution in [1.29, 1.82) is 0 Å². The summed E-state index contributed by atoms with van der Waals surface area (Å²) in [5.41, 5.74) is -0.435. The average molecular weight is 239 g/mol. The number of nitrogens with zero attached hydrogens (tertiary/aromatic N) is 1. The van der Waals surface area contributed by atoms with Crippen LogP contribution >= 0.6 is 0 Å². The highest BCUT2D eigenvalue weighted by molar-refractivity contribution is 5.75. The van der Waals surface area contributed by atoms with Crippen LogP contribution in [-0.2, 0) is 4.79 Å². The quantitative estimate of drug-likeness (QED) is 0.774. The first-order valence-corrected chi connectivity index (χ1v) is 7.15. The van der Waals surface area contributed by atoms with E-state index in [9.17, 15) is 9.90 Å². The van der Waals surface area contributed by atoms with Crippen LogP contribution in [0, 0.1) is 5.41 Å². The molecule has 3 nitrogen and oxygen atoms in total. The summed E-state index contributed by atoms with van der Waals surface area (Å²) in [6.07, 6.45) is 8.85. The second kappa shape index (κ2) is 5.38. The molecular formula is C14H25NO2. The van der Waals surface area contributed by atoms with Crippen molar-refractivity contribution in [3.05, 3.63) is 0 Å². The molecule has 0 aliphatic heterocycles. The number of aliphatic carboxylic acids is 1. The van der Waals surface area contributed by atoms with Crippen LogP contribution in [0.3, 0.4) is 0 Å². The van der Waals surface area contributed by atoms with E-state index in [1.807, 2.05) is 0 Å². The maximum absolute atomic E-state index is 11.6. The van der Waals surface area contributed by atoms with Crippen LogP contribution in [0.15, 0.2) is 0 Å². The topological polar surface area (TPSA) is 40.5 Å². The van der Waals surface area contributed by atoms with Crippen LogP contribution in [0.25, 0.3) is 0 Å². The highest BCUT2D eigenvalue weighted by atomic mass is 16.4. The molecule has 2 rings (SSSR count). The molecule has 17 heavy (non-hydrogen) atoms. The first kappa shape index (κ1) is 12.9. The highest BCUT2D eigenvalue weighted by Gasteiger charge is 2.43. The Hall–Kier alpha value is -0.570. The van der Waals surface area contributed by atoms with Crippen molar-refractivity contribution in [1.82, 2.24) is 4.90 Å². The number of carboxylic acid groups (broad SMARTS) is 1. The lowest BCUT2D eigenvalue weighted by molar-refractivity contribution is -0.152. The Morgan fingerprint density at radius 1 is 1.29 bits per heavy atom. The fourth-order valence-electron chi connectivity index (χ4n) is 3.17. The predicted molar refractivity (Wildman–Crippen MR) is 68.0 cm³/mol. The molecule has 2 aliphatic rings. The lowest BCUT2D eigenvalue weighted by Gasteiger charge is -2.38. The van der Waals surface area contributed by atoms with E-state index in [-0.39, 0.29) is 0 Å². The summed E-state index contributed by atoms with van der Waals surface area (Å²) in [5.74, 6) is -0.557. The molecule has 2 aliphatic carbocycles. The standard InChI is InChI=1S/C14H25NO2/c1-2-10-15(12-6-7-12)11-14(13(16)17)8-4-3-5-9-14/h12H,2-11H2,1H3,(H,16,17). The molecule has 0 aromatic carbocycles. The van der Waals surface area contributed by atoms with Gasteiger partial charge in [0.25, 0.3) is 0 Å². The van der Waals surface area contributed by atoms with Gasteiger partial charge in [-0.1, -0.05) is 26.2 Å². The van der Waals surface area contributed by atoms with Crippen LogP contribution in [0.1, 0.15) is 58.3 Å².